The second-order valence-corrected chi connectivity index (χ2v) is 7.77. The van der Waals surface area contributed by atoms with E-state index in [1.165, 1.54) is 24.5 Å². The highest BCUT2D eigenvalue weighted by atomic mass is 32.1. The predicted molar refractivity (Wildman–Crippen MR) is 95.2 cm³/mol. The number of hydrogen-bond donors (Lipinski definition) is 1. The molecule has 2 aromatic heterocycles. The minimum atomic E-state index is -4.47. The number of carbonyl (C=O) groups is 1. The van der Waals surface area contributed by atoms with Crippen molar-refractivity contribution in [3.63, 3.8) is 0 Å². The summed E-state index contributed by atoms with van der Waals surface area (Å²) in [6.45, 7) is 3.86. The summed E-state index contributed by atoms with van der Waals surface area (Å²) in [6, 6.07) is 0. The molecule has 1 amide bonds. The van der Waals surface area contributed by atoms with Crippen LogP contribution in [0.25, 0.3) is 0 Å². The Hall–Kier alpha value is -2.07. The van der Waals surface area contributed by atoms with Crippen molar-refractivity contribution in [1.82, 2.24) is 19.9 Å². The van der Waals surface area contributed by atoms with Crippen LogP contribution in [0.1, 0.15) is 36.0 Å². The largest absolute Gasteiger partial charge is 0.434 e. The monoisotopic (exact) mass is 399 g/mol. The number of alkyl halides is 3. The average molecular weight is 399 g/mol. The summed E-state index contributed by atoms with van der Waals surface area (Å²) < 4.78 is 38.4. The van der Waals surface area contributed by atoms with E-state index < -0.39 is 11.9 Å². The van der Waals surface area contributed by atoms with E-state index in [0.29, 0.717) is 23.8 Å². The Labute approximate surface area is 158 Å². The van der Waals surface area contributed by atoms with Gasteiger partial charge < -0.3 is 5.32 Å². The molecular formula is C17H20F3N5OS. The molecule has 2 aromatic rings. The molecule has 146 valence electrons. The Bertz CT molecular complexity index is 795. The van der Waals surface area contributed by atoms with Crippen molar-refractivity contribution < 1.29 is 18.0 Å². The van der Waals surface area contributed by atoms with Gasteiger partial charge in [0.1, 0.15) is 0 Å². The standard InChI is InChI=1S/C17H20F3N5OS/c1-11(26)23-16-22-7-14(27-16)10-25-4-2-3-12(9-25)5-13-6-21-8-15(24-13)17(18,19)20/h6-8,12H,2-5,9-10H2,1H3,(H,22,23,26). The molecule has 3 heterocycles. The lowest BCUT2D eigenvalue weighted by atomic mass is 9.93. The predicted octanol–water partition coefficient (Wildman–Crippen LogP) is 3.37. The maximum atomic E-state index is 12.8. The van der Waals surface area contributed by atoms with E-state index in [2.05, 4.69) is 25.2 Å². The molecule has 0 aromatic carbocycles. The van der Waals surface area contributed by atoms with Crippen LogP contribution in [0.2, 0.25) is 0 Å². The van der Waals surface area contributed by atoms with Crippen LogP contribution in [-0.4, -0.2) is 38.8 Å². The smallest absolute Gasteiger partial charge is 0.302 e. The highest BCUT2D eigenvalue weighted by Crippen LogP contribution is 2.28. The van der Waals surface area contributed by atoms with Gasteiger partial charge in [-0.15, -0.1) is 11.3 Å². The molecule has 6 nitrogen and oxygen atoms in total. The Balaban J connectivity index is 1.58. The number of nitrogens with one attached hydrogen (secondary N) is 1. The van der Waals surface area contributed by atoms with Gasteiger partial charge >= 0.3 is 6.18 Å². The summed E-state index contributed by atoms with van der Waals surface area (Å²) in [5.41, 5.74) is -0.565. The first-order chi connectivity index (χ1) is 12.8. The van der Waals surface area contributed by atoms with Gasteiger partial charge in [0.15, 0.2) is 10.8 Å². The number of anilines is 1. The first kappa shape index (κ1) is 19.7. The van der Waals surface area contributed by atoms with Gasteiger partial charge in [0.2, 0.25) is 5.91 Å². The molecule has 0 spiro atoms. The lowest BCUT2D eigenvalue weighted by Gasteiger charge is -2.32. The second-order valence-electron chi connectivity index (χ2n) is 6.65. The maximum absolute atomic E-state index is 12.8. The highest BCUT2D eigenvalue weighted by Gasteiger charge is 2.33. The number of amides is 1. The zero-order chi connectivity index (χ0) is 19.4. The number of carbonyl (C=O) groups excluding carboxylic acids is 1. The van der Waals surface area contributed by atoms with E-state index in [1.54, 1.807) is 6.20 Å². The Kier molecular flexibility index (Phi) is 6.05. The fourth-order valence-electron chi connectivity index (χ4n) is 3.21. The third-order valence-electron chi connectivity index (χ3n) is 4.29. The fourth-order valence-corrected chi connectivity index (χ4v) is 4.11. The van der Waals surface area contributed by atoms with Crippen molar-refractivity contribution >= 4 is 22.4 Å². The summed E-state index contributed by atoms with van der Waals surface area (Å²) in [4.78, 5) is 26.0. The minimum absolute atomic E-state index is 0.156. The van der Waals surface area contributed by atoms with E-state index in [4.69, 9.17) is 0 Å². The van der Waals surface area contributed by atoms with Crippen molar-refractivity contribution in [2.45, 2.75) is 38.9 Å². The molecule has 1 unspecified atom stereocenters. The van der Waals surface area contributed by atoms with Crippen molar-refractivity contribution in [3.05, 3.63) is 34.9 Å². The van der Waals surface area contributed by atoms with Crippen molar-refractivity contribution in [2.75, 3.05) is 18.4 Å². The van der Waals surface area contributed by atoms with Crippen molar-refractivity contribution in [2.24, 2.45) is 5.92 Å². The van der Waals surface area contributed by atoms with E-state index in [1.807, 2.05) is 0 Å². The number of rotatable bonds is 5. The van der Waals surface area contributed by atoms with E-state index in [9.17, 15) is 18.0 Å². The van der Waals surface area contributed by atoms with Gasteiger partial charge in [-0.05, 0) is 31.7 Å². The zero-order valence-electron chi connectivity index (χ0n) is 14.8. The first-order valence-corrected chi connectivity index (χ1v) is 9.44. The Morgan fingerprint density at radius 2 is 2.19 bits per heavy atom. The quantitative estimate of drug-likeness (QED) is 0.835. The molecule has 1 fully saturated rings. The van der Waals surface area contributed by atoms with Crippen LogP contribution in [0.3, 0.4) is 0 Å². The zero-order valence-corrected chi connectivity index (χ0v) is 15.6. The number of thiazole rings is 1. The topological polar surface area (TPSA) is 71.0 Å². The lowest BCUT2D eigenvalue weighted by Crippen LogP contribution is -2.35. The number of nitrogens with zero attached hydrogens (tertiary/aromatic N) is 4. The molecular weight excluding hydrogens is 379 g/mol. The maximum Gasteiger partial charge on any atom is 0.434 e. The van der Waals surface area contributed by atoms with Gasteiger partial charge in [-0.3, -0.25) is 14.7 Å². The first-order valence-electron chi connectivity index (χ1n) is 8.62. The van der Waals surface area contributed by atoms with E-state index >= 15 is 0 Å². The van der Waals surface area contributed by atoms with Crippen molar-refractivity contribution in [1.29, 1.82) is 0 Å². The van der Waals surface area contributed by atoms with Crippen LogP contribution >= 0.6 is 11.3 Å². The van der Waals surface area contributed by atoms with Gasteiger partial charge in [0.05, 0.1) is 11.9 Å². The number of piperidine rings is 1. The molecule has 0 saturated carbocycles. The summed E-state index contributed by atoms with van der Waals surface area (Å²) in [6.07, 6.45) is 1.86. The second kappa shape index (κ2) is 8.30. The lowest BCUT2D eigenvalue weighted by molar-refractivity contribution is -0.141. The highest BCUT2D eigenvalue weighted by molar-refractivity contribution is 7.15. The summed E-state index contributed by atoms with van der Waals surface area (Å²) in [7, 11) is 0. The molecule has 27 heavy (non-hydrogen) atoms. The molecule has 1 aliphatic heterocycles. The van der Waals surface area contributed by atoms with Gasteiger partial charge in [-0.1, -0.05) is 0 Å². The minimum Gasteiger partial charge on any atom is -0.302 e. The van der Waals surface area contributed by atoms with Crippen LogP contribution in [0.4, 0.5) is 18.3 Å². The van der Waals surface area contributed by atoms with Crippen molar-refractivity contribution in [3.8, 4) is 0 Å². The molecule has 3 rings (SSSR count). The molecule has 0 radical (unpaired) electrons. The molecule has 1 saturated heterocycles. The molecule has 1 atom stereocenters. The van der Waals surface area contributed by atoms with Gasteiger partial charge in [0, 0.05) is 37.3 Å². The van der Waals surface area contributed by atoms with Gasteiger partial charge in [-0.2, -0.15) is 13.2 Å². The number of halogens is 3. The van der Waals surface area contributed by atoms with Crippen LogP contribution < -0.4 is 5.32 Å². The SMILES string of the molecule is CC(=O)Nc1ncc(CN2CCCC(Cc3cncc(C(F)(F)F)n3)C2)s1. The van der Waals surface area contributed by atoms with Crippen LogP contribution in [0, 0.1) is 5.92 Å². The normalized spacial score (nSPS) is 18.4. The molecule has 0 bridgehead atoms. The summed E-state index contributed by atoms with van der Waals surface area (Å²) >= 11 is 1.43. The summed E-state index contributed by atoms with van der Waals surface area (Å²) in [5, 5.41) is 3.24. The Morgan fingerprint density at radius 3 is 2.93 bits per heavy atom. The van der Waals surface area contributed by atoms with Crippen LogP contribution in [0.5, 0.6) is 0 Å². The number of hydrogen-bond acceptors (Lipinski definition) is 6. The third kappa shape index (κ3) is 5.70. The molecule has 1 N–H and O–H groups in total. The van der Waals surface area contributed by atoms with Gasteiger partial charge in [0.25, 0.3) is 0 Å². The van der Waals surface area contributed by atoms with Gasteiger partial charge in [-0.25, -0.2) is 9.97 Å². The fraction of sp³-hybridized carbons (Fsp3) is 0.529. The average Bonchev–Trinajstić information content (AvgIpc) is 3.01. The van der Waals surface area contributed by atoms with E-state index in [-0.39, 0.29) is 11.8 Å². The van der Waals surface area contributed by atoms with Crippen LogP contribution in [0.15, 0.2) is 18.6 Å². The number of likely N-dealkylation sites (tertiary alicyclic amines) is 1. The molecule has 10 heteroatoms. The van der Waals surface area contributed by atoms with Crippen LogP contribution in [-0.2, 0) is 23.9 Å². The molecule has 0 aliphatic carbocycles. The van der Waals surface area contributed by atoms with E-state index in [0.717, 1.165) is 37.0 Å². The summed E-state index contributed by atoms with van der Waals surface area (Å²) in [5.74, 6) is 0.0791. The number of aromatic nitrogens is 3. The third-order valence-corrected chi connectivity index (χ3v) is 5.19. The molecule has 1 aliphatic rings. The Morgan fingerprint density at radius 1 is 1.37 bits per heavy atom.